The Labute approximate surface area is 115 Å². The topological polar surface area (TPSA) is 61.4 Å². The highest BCUT2D eigenvalue weighted by Crippen LogP contribution is 2.17. The van der Waals surface area contributed by atoms with E-state index in [0.717, 1.165) is 5.69 Å². The lowest BCUT2D eigenvalue weighted by Gasteiger charge is -2.20. The molecule has 0 saturated carbocycles. The maximum absolute atomic E-state index is 11.8. The number of rotatable bonds is 5. The van der Waals surface area contributed by atoms with Crippen LogP contribution in [0, 0.1) is 0 Å². The highest BCUT2D eigenvalue weighted by Gasteiger charge is 2.15. The molecule has 0 unspecified atom stereocenters. The minimum absolute atomic E-state index is 0.227. The summed E-state index contributed by atoms with van der Waals surface area (Å²) in [6, 6.07) is 7.27. The van der Waals surface area contributed by atoms with E-state index in [2.05, 4.69) is 24.5 Å². The number of aliphatic hydroxyl groups is 1. The van der Waals surface area contributed by atoms with Crippen LogP contribution in [0.25, 0.3) is 0 Å². The van der Waals surface area contributed by atoms with Gasteiger partial charge < -0.3 is 15.7 Å². The van der Waals surface area contributed by atoms with Gasteiger partial charge in [-0.1, -0.05) is 32.9 Å². The second-order valence-corrected chi connectivity index (χ2v) is 5.13. The van der Waals surface area contributed by atoms with Crippen molar-refractivity contribution in [2.24, 2.45) is 0 Å². The molecule has 0 fully saturated rings. The fourth-order valence-corrected chi connectivity index (χ4v) is 1.85. The summed E-state index contributed by atoms with van der Waals surface area (Å²) in [4.78, 5) is 11.8. The molecule has 0 aliphatic heterocycles. The van der Waals surface area contributed by atoms with E-state index in [1.165, 1.54) is 5.56 Å². The highest BCUT2D eigenvalue weighted by molar-refractivity contribution is 5.89. The van der Waals surface area contributed by atoms with Crippen molar-refractivity contribution >= 4 is 11.7 Å². The first kappa shape index (κ1) is 15.5. The van der Waals surface area contributed by atoms with E-state index in [0.29, 0.717) is 12.3 Å². The predicted octanol–water partition coefficient (Wildman–Crippen LogP) is 3.09. The van der Waals surface area contributed by atoms with Gasteiger partial charge >= 0.3 is 6.03 Å². The van der Waals surface area contributed by atoms with Gasteiger partial charge in [0.1, 0.15) is 0 Å². The van der Waals surface area contributed by atoms with Gasteiger partial charge in [0, 0.05) is 5.69 Å². The Hall–Kier alpha value is -1.55. The lowest BCUT2D eigenvalue weighted by molar-refractivity contribution is 0.145. The number of nitrogens with one attached hydrogen (secondary N) is 2. The second kappa shape index (κ2) is 7.14. The van der Waals surface area contributed by atoms with Crippen LogP contribution in [0.4, 0.5) is 10.5 Å². The molecule has 4 heteroatoms. The van der Waals surface area contributed by atoms with Crippen molar-refractivity contribution in [1.29, 1.82) is 0 Å². The number of carbonyl (C=O) groups is 1. The smallest absolute Gasteiger partial charge is 0.319 e. The van der Waals surface area contributed by atoms with Gasteiger partial charge in [-0.3, -0.25) is 0 Å². The van der Waals surface area contributed by atoms with Crippen LogP contribution in [0.15, 0.2) is 24.3 Å². The van der Waals surface area contributed by atoms with Crippen molar-refractivity contribution in [3.05, 3.63) is 29.8 Å². The summed E-state index contributed by atoms with van der Waals surface area (Å²) < 4.78 is 0. The molecule has 19 heavy (non-hydrogen) atoms. The Morgan fingerprint density at radius 3 is 2.21 bits per heavy atom. The predicted molar refractivity (Wildman–Crippen MR) is 78.4 cm³/mol. The van der Waals surface area contributed by atoms with Gasteiger partial charge in [0.25, 0.3) is 0 Å². The molecule has 0 bridgehead atoms. The van der Waals surface area contributed by atoms with E-state index >= 15 is 0 Å². The quantitative estimate of drug-likeness (QED) is 0.765. The van der Waals surface area contributed by atoms with E-state index in [-0.39, 0.29) is 12.1 Å². The molecule has 0 aromatic heterocycles. The third kappa shape index (κ3) is 4.91. The van der Waals surface area contributed by atoms with Gasteiger partial charge in [0.15, 0.2) is 0 Å². The Bertz CT molecular complexity index is 399. The second-order valence-electron chi connectivity index (χ2n) is 5.13. The highest BCUT2D eigenvalue weighted by atomic mass is 16.3. The molecule has 0 aliphatic carbocycles. The Kier molecular flexibility index (Phi) is 5.83. The van der Waals surface area contributed by atoms with Crippen molar-refractivity contribution in [2.75, 3.05) is 5.32 Å². The molecule has 2 amide bonds. The lowest BCUT2D eigenvalue weighted by atomic mass is 10.0. The van der Waals surface area contributed by atoms with Crippen molar-refractivity contribution in [1.82, 2.24) is 5.32 Å². The van der Waals surface area contributed by atoms with Crippen molar-refractivity contribution < 1.29 is 9.90 Å². The molecular formula is C15H24N2O2. The zero-order chi connectivity index (χ0) is 14.4. The summed E-state index contributed by atoms with van der Waals surface area (Å²) in [7, 11) is 0. The minimum atomic E-state index is -0.556. The number of amides is 2. The van der Waals surface area contributed by atoms with Crippen LogP contribution in [0.1, 0.15) is 45.6 Å². The first-order valence-corrected chi connectivity index (χ1v) is 6.79. The number of benzene rings is 1. The van der Waals surface area contributed by atoms with Gasteiger partial charge in [-0.15, -0.1) is 0 Å². The molecule has 1 rings (SSSR count). The lowest BCUT2D eigenvalue weighted by Crippen LogP contribution is -2.43. The van der Waals surface area contributed by atoms with Crippen LogP contribution in [-0.2, 0) is 0 Å². The maximum atomic E-state index is 11.8. The van der Waals surface area contributed by atoms with Crippen LogP contribution < -0.4 is 10.6 Å². The fourth-order valence-electron chi connectivity index (χ4n) is 1.85. The van der Waals surface area contributed by atoms with E-state index in [1.54, 1.807) is 6.92 Å². The minimum Gasteiger partial charge on any atom is -0.391 e. The van der Waals surface area contributed by atoms with Crippen LogP contribution in [-0.4, -0.2) is 23.3 Å². The van der Waals surface area contributed by atoms with Gasteiger partial charge in [-0.25, -0.2) is 4.79 Å². The third-order valence-electron chi connectivity index (χ3n) is 3.17. The number of hydrogen-bond acceptors (Lipinski definition) is 2. The molecule has 0 saturated heterocycles. The SMILES string of the molecule is CC[C@H](NC(=O)Nc1ccc(C(C)C)cc1)[C@H](C)O. The largest absolute Gasteiger partial charge is 0.391 e. The maximum Gasteiger partial charge on any atom is 0.319 e. The van der Waals surface area contributed by atoms with Crippen molar-refractivity contribution in [2.45, 2.75) is 52.2 Å². The average Bonchev–Trinajstić information content (AvgIpc) is 2.36. The first-order valence-electron chi connectivity index (χ1n) is 6.79. The number of anilines is 1. The van der Waals surface area contributed by atoms with E-state index in [9.17, 15) is 9.90 Å². The molecule has 0 aliphatic rings. The van der Waals surface area contributed by atoms with Crippen LogP contribution in [0.3, 0.4) is 0 Å². The summed E-state index contributed by atoms with van der Waals surface area (Å²) in [6.07, 6.45) is 0.135. The molecule has 0 spiro atoms. The zero-order valence-corrected chi connectivity index (χ0v) is 12.1. The first-order chi connectivity index (χ1) is 8.93. The molecule has 4 nitrogen and oxygen atoms in total. The monoisotopic (exact) mass is 264 g/mol. The van der Waals surface area contributed by atoms with Gasteiger partial charge in [-0.05, 0) is 37.0 Å². The van der Waals surface area contributed by atoms with Crippen LogP contribution in [0.2, 0.25) is 0 Å². The number of carbonyl (C=O) groups excluding carboxylic acids is 1. The molecule has 106 valence electrons. The van der Waals surface area contributed by atoms with E-state index in [1.807, 2.05) is 31.2 Å². The fraction of sp³-hybridized carbons (Fsp3) is 0.533. The van der Waals surface area contributed by atoms with Crippen LogP contribution in [0.5, 0.6) is 0 Å². The number of hydrogen-bond donors (Lipinski definition) is 3. The van der Waals surface area contributed by atoms with Gasteiger partial charge in [0.05, 0.1) is 12.1 Å². The van der Waals surface area contributed by atoms with Gasteiger partial charge in [0.2, 0.25) is 0 Å². The molecular weight excluding hydrogens is 240 g/mol. The third-order valence-corrected chi connectivity index (χ3v) is 3.17. The summed E-state index contributed by atoms with van der Waals surface area (Å²) in [5.41, 5.74) is 1.99. The Morgan fingerprint density at radius 1 is 1.21 bits per heavy atom. The number of urea groups is 1. The normalized spacial score (nSPS) is 14.0. The van der Waals surface area contributed by atoms with Crippen molar-refractivity contribution in [3.8, 4) is 0 Å². The molecule has 1 aromatic carbocycles. The van der Waals surface area contributed by atoms with E-state index < -0.39 is 6.10 Å². The summed E-state index contributed by atoms with van der Waals surface area (Å²) in [6.45, 7) is 7.86. The molecule has 3 N–H and O–H groups in total. The van der Waals surface area contributed by atoms with E-state index in [4.69, 9.17) is 0 Å². The zero-order valence-electron chi connectivity index (χ0n) is 12.1. The Morgan fingerprint density at radius 2 is 1.79 bits per heavy atom. The van der Waals surface area contributed by atoms with Crippen LogP contribution >= 0.6 is 0 Å². The molecule has 0 radical (unpaired) electrons. The molecule has 2 atom stereocenters. The summed E-state index contributed by atoms with van der Waals surface area (Å²) >= 11 is 0. The average molecular weight is 264 g/mol. The molecule has 1 aromatic rings. The Balaban J connectivity index is 2.57. The number of aliphatic hydroxyl groups excluding tert-OH is 1. The molecule has 0 heterocycles. The summed E-state index contributed by atoms with van der Waals surface area (Å²) in [5.74, 6) is 0.475. The van der Waals surface area contributed by atoms with Crippen molar-refractivity contribution in [3.63, 3.8) is 0 Å². The van der Waals surface area contributed by atoms with Gasteiger partial charge in [-0.2, -0.15) is 0 Å². The standard InChI is InChI=1S/C15H24N2O2/c1-5-14(11(4)18)17-15(19)16-13-8-6-12(7-9-13)10(2)3/h6-11,14,18H,5H2,1-4H3,(H2,16,17,19)/t11-,14-/m0/s1. The summed E-state index contributed by atoms with van der Waals surface area (Å²) in [5, 5.41) is 15.0.